The SMILES string of the molecule is CCc1onc(C)c1NC(=O)Nc1cccc(CCC(=O)O)c1. The molecule has 1 aromatic heterocycles. The highest BCUT2D eigenvalue weighted by atomic mass is 16.5. The van der Waals surface area contributed by atoms with Gasteiger partial charge in [0, 0.05) is 18.5 Å². The lowest BCUT2D eigenvalue weighted by Crippen LogP contribution is -2.20. The predicted molar refractivity (Wildman–Crippen MR) is 85.7 cm³/mol. The van der Waals surface area contributed by atoms with E-state index in [0.29, 0.717) is 35.7 Å². The number of carboxylic acid groups (broad SMARTS) is 1. The van der Waals surface area contributed by atoms with Crippen LogP contribution in [0.15, 0.2) is 28.8 Å². The summed E-state index contributed by atoms with van der Waals surface area (Å²) in [6.07, 6.45) is 1.09. The molecule has 2 rings (SSSR count). The minimum Gasteiger partial charge on any atom is -0.481 e. The van der Waals surface area contributed by atoms with Crippen molar-refractivity contribution in [1.29, 1.82) is 0 Å². The molecule has 3 N–H and O–H groups in total. The zero-order chi connectivity index (χ0) is 16.8. The first-order chi connectivity index (χ1) is 11.0. The first kappa shape index (κ1) is 16.5. The summed E-state index contributed by atoms with van der Waals surface area (Å²) < 4.78 is 5.12. The second kappa shape index (κ2) is 7.44. The molecule has 0 bridgehead atoms. The Balaban J connectivity index is 2.01. The molecule has 0 spiro atoms. The average molecular weight is 317 g/mol. The quantitative estimate of drug-likeness (QED) is 0.759. The predicted octanol–water partition coefficient (Wildman–Crippen LogP) is 3.21. The van der Waals surface area contributed by atoms with Gasteiger partial charge in [-0.25, -0.2) is 4.79 Å². The van der Waals surface area contributed by atoms with E-state index in [-0.39, 0.29) is 6.42 Å². The Morgan fingerprint density at radius 3 is 2.78 bits per heavy atom. The molecule has 7 nitrogen and oxygen atoms in total. The molecule has 0 saturated heterocycles. The van der Waals surface area contributed by atoms with Crippen molar-refractivity contribution in [3.63, 3.8) is 0 Å². The Bertz CT molecular complexity index is 709. The van der Waals surface area contributed by atoms with Crippen LogP contribution >= 0.6 is 0 Å². The van der Waals surface area contributed by atoms with Crippen molar-refractivity contribution in [3.05, 3.63) is 41.3 Å². The molecule has 122 valence electrons. The van der Waals surface area contributed by atoms with Gasteiger partial charge in [0.15, 0.2) is 5.76 Å². The fourth-order valence-electron chi connectivity index (χ4n) is 2.15. The number of nitrogens with zero attached hydrogens (tertiary/aromatic N) is 1. The minimum absolute atomic E-state index is 0.0510. The molecule has 0 radical (unpaired) electrons. The number of amides is 2. The van der Waals surface area contributed by atoms with E-state index in [0.717, 1.165) is 5.56 Å². The highest BCUT2D eigenvalue weighted by molar-refractivity contribution is 6.00. The van der Waals surface area contributed by atoms with Gasteiger partial charge in [-0.3, -0.25) is 4.79 Å². The highest BCUT2D eigenvalue weighted by Gasteiger charge is 2.14. The van der Waals surface area contributed by atoms with Gasteiger partial charge in [0.2, 0.25) is 0 Å². The van der Waals surface area contributed by atoms with E-state index >= 15 is 0 Å². The van der Waals surface area contributed by atoms with Crippen molar-refractivity contribution >= 4 is 23.4 Å². The van der Waals surface area contributed by atoms with Gasteiger partial charge in [0.25, 0.3) is 0 Å². The van der Waals surface area contributed by atoms with E-state index < -0.39 is 12.0 Å². The lowest BCUT2D eigenvalue weighted by Gasteiger charge is -2.09. The number of hydrogen-bond acceptors (Lipinski definition) is 4. The van der Waals surface area contributed by atoms with Crippen molar-refractivity contribution < 1.29 is 19.2 Å². The lowest BCUT2D eigenvalue weighted by molar-refractivity contribution is -0.136. The maximum Gasteiger partial charge on any atom is 0.323 e. The van der Waals surface area contributed by atoms with Crippen molar-refractivity contribution in [3.8, 4) is 0 Å². The number of rotatable bonds is 6. The molecule has 0 aliphatic rings. The molecule has 7 heteroatoms. The molecular weight excluding hydrogens is 298 g/mol. The van der Waals surface area contributed by atoms with Crippen LogP contribution in [0.1, 0.15) is 30.4 Å². The molecule has 0 fully saturated rings. The van der Waals surface area contributed by atoms with Crippen LogP contribution < -0.4 is 10.6 Å². The summed E-state index contributed by atoms with van der Waals surface area (Å²) in [6.45, 7) is 3.67. The molecule has 0 aliphatic heterocycles. The third-order valence-corrected chi connectivity index (χ3v) is 3.31. The molecule has 0 unspecified atom stereocenters. The fraction of sp³-hybridized carbons (Fsp3) is 0.312. The number of carbonyl (C=O) groups is 2. The van der Waals surface area contributed by atoms with Gasteiger partial charge in [-0.15, -0.1) is 0 Å². The van der Waals surface area contributed by atoms with Gasteiger partial charge in [-0.05, 0) is 31.0 Å². The van der Waals surface area contributed by atoms with Gasteiger partial charge in [-0.2, -0.15) is 0 Å². The van der Waals surface area contributed by atoms with Crippen LogP contribution in [0.4, 0.5) is 16.2 Å². The fourth-order valence-corrected chi connectivity index (χ4v) is 2.15. The number of nitrogens with one attached hydrogen (secondary N) is 2. The van der Waals surface area contributed by atoms with Crippen LogP contribution in [0.2, 0.25) is 0 Å². The number of aliphatic carboxylic acids is 1. The number of hydrogen-bond donors (Lipinski definition) is 3. The Kier molecular flexibility index (Phi) is 5.35. The highest BCUT2D eigenvalue weighted by Crippen LogP contribution is 2.21. The van der Waals surface area contributed by atoms with Gasteiger partial charge >= 0.3 is 12.0 Å². The number of carboxylic acids is 1. The normalized spacial score (nSPS) is 10.3. The second-order valence-corrected chi connectivity index (χ2v) is 5.09. The van der Waals surface area contributed by atoms with Crippen LogP contribution in [0.5, 0.6) is 0 Å². The van der Waals surface area contributed by atoms with Crippen LogP contribution in [0.25, 0.3) is 0 Å². The maximum atomic E-state index is 12.1. The second-order valence-electron chi connectivity index (χ2n) is 5.09. The molecule has 2 aromatic rings. The summed E-state index contributed by atoms with van der Waals surface area (Å²) in [5, 5.41) is 18.0. The Morgan fingerprint density at radius 2 is 2.09 bits per heavy atom. The summed E-state index contributed by atoms with van der Waals surface area (Å²) in [4.78, 5) is 22.7. The van der Waals surface area contributed by atoms with Gasteiger partial charge < -0.3 is 20.3 Å². The van der Waals surface area contributed by atoms with Crippen LogP contribution in [-0.2, 0) is 17.6 Å². The number of benzene rings is 1. The molecular formula is C16H19N3O4. The summed E-state index contributed by atoms with van der Waals surface area (Å²) in [7, 11) is 0. The smallest absolute Gasteiger partial charge is 0.323 e. The number of aromatic nitrogens is 1. The molecule has 23 heavy (non-hydrogen) atoms. The summed E-state index contributed by atoms with van der Waals surface area (Å²) in [5.74, 6) is -0.232. The zero-order valence-electron chi connectivity index (χ0n) is 13.0. The number of carbonyl (C=O) groups excluding carboxylic acids is 1. The van der Waals surface area contributed by atoms with Gasteiger partial charge in [0.1, 0.15) is 11.4 Å². The maximum absolute atomic E-state index is 12.1. The minimum atomic E-state index is -0.851. The van der Waals surface area contributed by atoms with E-state index in [1.165, 1.54) is 0 Å². The van der Waals surface area contributed by atoms with Crippen molar-refractivity contribution in [2.45, 2.75) is 33.1 Å². The van der Waals surface area contributed by atoms with E-state index in [2.05, 4.69) is 15.8 Å². The van der Waals surface area contributed by atoms with Crippen molar-refractivity contribution in [2.75, 3.05) is 10.6 Å². The third kappa shape index (κ3) is 4.57. The Morgan fingerprint density at radius 1 is 1.30 bits per heavy atom. The molecule has 0 saturated carbocycles. The largest absolute Gasteiger partial charge is 0.481 e. The first-order valence-corrected chi connectivity index (χ1v) is 7.33. The number of anilines is 2. The summed E-state index contributed by atoms with van der Waals surface area (Å²) >= 11 is 0. The summed E-state index contributed by atoms with van der Waals surface area (Å²) in [6, 6.07) is 6.69. The third-order valence-electron chi connectivity index (χ3n) is 3.31. The molecule has 1 aromatic carbocycles. The lowest BCUT2D eigenvalue weighted by atomic mass is 10.1. The van der Waals surface area contributed by atoms with E-state index in [4.69, 9.17) is 9.63 Å². The van der Waals surface area contributed by atoms with Gasteiger partial charge in [-0.1, -0.05) is 24.2 Å². The Labute approximate surface area is 133 Å². The van der Waals surface area contributed by atoms with Crippen LogP contribution in [-0.4, -0.2) is 22.3 Å². The molecule has 0 aliphatic carbocycles. The summed E-state index contributed by atoms with van der Waals surface area (Å²) in [5.41, 5.74) is 2.64. The molecule has 2 amide bonds. The number of aryl methyl sites for hydroxylation is 3. The Hall–Kier alpha value is -2.83. The van der Waals surface area contributed by atoms with Crippen LogP contribution in [0.3, 0.4) is 0 Å². The van der Waals surface area contributed by atoms with E-state index in [1.54, 1.807) is 25.1 Å². The first-order valence-electron chi connectivity index (χ1n) is 7.33. The van der Waals surface area contributed by atoms with Crippen molar-refractivity contribution in [2.24, 2.45) is 0 Å². The molecule has 1 heterocycles. The topological polar surface area (TPSA) is 104 Å². The standard InChI is InChI=1S/C16H19N3O4/c1-3-13-15(10(2)19-23-13)18-16(22)17-12-6-4-5-11(9-12)7-8-14(20)21/h4-6,9H,3,7-8H2,1-2H3,(H,20,21)(H2,17,18,22). The van der Waals surface area contributed by atoms with E-state index in [9.17, 15) is 9.59 Å². The zero-order valence-corrected chi connectivity index (χ0v) is 13.0. The number of urea groups is 1. The average Bonchev–Trinajstić information content (AvgIpc) is 2.86. The monoisotopic (exact) mass is 317 g/mol. The molecule has 0 atom stereocenters. The van der Waals surface area contributed by atoms with Crippen LogP contribution in [0, 0.1) is 6.92 Å². The van der Waals surface area contributed by atoms with Crippen molar-refractivity contribution in [1.82, 2.24) is 5.16 Å². The van der Waals surface area contributed by atoms with E-state index in [1.807, 2.05) is 13.0 Å². The van der Waals surface area contributed by atoms with Gasteiger partial charge in [0.05, 0.1) is 0 Å².